The van der Waals surface area contributed by atoms with Crippen LogP contribution in [0.4, 0.5) is 0 Å². The van der Waals surface area contributed by atoms with Crippen LogP contribution >= 0.6 is 0 Å². The largest absolute Gasteiger partial charge is 0.350 e. The lowest BCUT2D eigenvalue weighted by Gasteiger charge is -2.36. The maximum Gasteiger partial charge on any atom is 0.273 e. The summed E-state index contributed by atoms with van der Waals surface area (Å²) in [6.45, 7) is 11.5. The quantitative estimate of drug-likeness (QED) is 0.838. The predicted octanol–water partition coefficient (Wildman–Crippen LogP) is 2.49. The number of rotatable bonds is 7. The minimum atomic E-state index is -0.126. The molecule has 0 atom stereocenters. The summed E-state index contributed by atoms with van der Waals surface area (Å²) in [6, 6.07) is 1.06. The Morgan fingerprint density at radius 3 is 2.52 bits per heavy atom. The second kappa shape index (κ2) is 8.43. The summed E-state index contributed by atoms with van der Waals surface area (Å²) in [4.78, 5) is 14.6. The fourth-order valence-corrected chi connectivity index (χ4v) is 3.27. The number of nitrogens with zero attached hydrogens (tertiary/aromatic N) is 4. The average Bonchev–Trinajstić information content (AvgIpc) is 3.04. The number of carbonyl (C=O) groups excluding carboxylic acids is 1. The number of aromatic nitrogens is 3. The Labute approximate surface area is 139 Å². The highest BCUT2D eigenvalue weighted by molar-refractivity contribution is 5.91. The molecule has 1 aliphatic rings. The number of piperidine rings is 1. The zero-order valence-corrected chi connectivity index (χ0v) is 15.0. The molecule has 1 amide bonds. The first kappa shape index (κ1) is 17.9. The molecule has 1 aliphatic heterocycles. The van der Waals surface area contributed by atoms with E-state index in [2.05, 4.69) is 48.2 Å². The van der Waals surface area contributed by atoms with Gasteiger partial charge in [0.05, 0.1) is 12.2 Å². The van der Waals surface area contributed by atoms with Crippen LogP contribution in [0.5, 0.6) is 0 Å². The van der Waals surface area contributed by atoms with Crippen molar-refractivity contribution in [2.24, 2.45) is 5.92 Å². The van der Waals surface area contributed by atoms with Crippen molar-refractivity contribution in [2.75, 3.05) is 19.6 Å². The zero-order valence-electron chi connectivity index (χ0n) is 15.0. The molecular formula is C17H31N5O. The number of carbonyl (C=O) groups is 1. The van der Waals surface area contributed by atoms with Crippen LogP contribution in [0.3, 0.4) is 0 Å². The molecule has 0 unspecified atom stereocenters. The summed E-state index contributed by atoms with van der Waals surface area (Å²) in [6.07, 6.45) is 6.38. The van der Waals surface area contributed by atoms with Crippen molar-refractivity contribution in [3.63, 3.8) is 0 Å². The monoisotopic (exact) mass is 321 g/mol. The van der Waals surface area contributed by atoms with Crippen LogP contribution in [0.1, 0.15) is 69.9 Å². The number of likely N-dealkylation sites (tertiary alicyclic amines) is 1. The van der Waals surface area contributed by atoms with Gasteiger partial charge in [0, 0.05) is 25.7 Å². The molecule has 1 saturated heterocycles. The smallest absolute Gasteiger partial charge is 0.273 e. The standard InChI is InChI=1S/C17H31N5O/c1-5-14(6-2)21-9-7-15(8-10-21)22-12-16(19-20-22)17(23)18-11-13(3)4/h12-15H,5-11H2,1-4H3,(H,18,23). The van der Waals surface area contributed by atoms with E-state index in [-0.39, 0.29) is 5.91 Å². The zero-order chi connectivity index (χ0) is 16.8. The molecule has 1 fully saturated rings. The molecule has 0 radical (unpaired) electrons. The maximum absolute atomic E-state index is 12.0. The third-order valence-electron chi connectivity index (χ3n) is 4.75. The molecule has 1 N–H and O–H groups in total. The van der Waals surface area contributed by atoms with Crippen LogP contribution < -0.4 is 5.32 Å². The Morgan fingerprint density at radius 2 is 1.96 bits per heavy atom. The lowest BCUT2D eigenvalue weighted by atomic mass is 10.0. The van der Waals surface area contributed by atoms with Gasteiger partial charge in [-0.15, -0.1) is 5.10 Å². The molecule has 0 aromatic carbocycles. The molecule has 6 nitrogen and oxygen atoms in total. The average molecular weight is 321 g/mol. The van der Waals surface area contributed by atoms with Gasteiger partial charge in [0.1, 0.15) is 0 Å². The van der Waals surface area contributed by atoms with Gasteiger partial charge in [-0.25, -0.2) is 4.68 Å². The highest BCUT2D eigenvalue weighted by atomic mass is 16.2. The van der Waals surface area contributed by atoms with Crippen molar-refractivity contribution in [2.45, 2.75) is 65.5 Å². The highest BCUT2D eigenvalue weighted by Crippen LogP contribution is 2.24. The van der Waals surface area contributed by atoms with Crippen molar-refractivity contribution < 1.29 is 4.79 Å². The summed E-state index contributed by atoms with van der Waals surface area (Å²) >= 11 is 0. The van der Waals surface area contributed by atoms with Gasteiger partial charge in [0.15, 0.2) is 5.69 Å². The van der Waals surface area contributed by atoms with Gasteiger partial charge in [-0.05, 0) is 31.6 Å². The Balaban J connectivity index is 1.88. The molecular weight excluding hydrogens is 290 g/mol. The van der Waals surface area contributed by atoms with Crippen molar-refractivity contribution in [1.82, 2.24) is 25.2 Å². The molecule has 0 bridgehead atoms. The summed E-state index contributed by atoms with van der Waals surface area (Å²) in [5.74, 6) is 0.308. The maximum atomic E-state index is 12.0. The van der Waals surface area contributed by atoms with Crippen molar-refractivity contribution >= 4 is 5.91 Å². The van der Waals surface area contributed by atoms with E-state index in [1.165, 1.54) is 12.8 Å². The fraction of sp³-hybridized carbons (Fsp3) is 0.824. The SMILES string of the molecule is CCC(CC)N1CCC(n2cc(C(=O)NCC(C)C)nn2)CC1. The van der Waals surface area contributed by atoms with Gasteiger partial charge in [0.25, 0.3) is 5.91 Å². The van der Waals surface area contributed by atoms with E-state index >= 15 is 0 Å². The summed E-state index contributed by atoms with van der Waals surface area (Å²) in [5, 5.41) is 11.1. The summed E-state index contributed by atoms with van der Waals surface area (Å²) < 4.78 is 1.88. The Bertz CT molecular complexity index is 487. The molecule has 130 valence electrons. The summed E-state index contributed by atoms with van der Waals surface area (Å²) in [5.41, 5.74) is 0.424. The molecule has 0 aliphatic carbocycles. The predicted molar refractivity (Wildman–Crippen MR) is 91.4 cm³/mol. The first-order chi connectivity index (χ1) is 11.0. The second-order valence-electron chi connectivity index (χ2n) is 6.93. The molecule has 2 heterocycles. The van der Waals surface area contributed by atoms with Gasteiger partial charge >= 0.3 is 0 Å². The molecule has 0 spiro atoms. The Morgan fingerprint density at radius 1 is 1.30 bits per heavy atom. The van der Waals surface area contributed by atoms with E-state index in [9.17, 15) is 4.79 Å². The van der Waals surface area contributed by atoms with E-state index in [0.717, 1.165) is 25.9 Å². The van der Waals surface area contributed by atoms with Crippen LogP contribution in [0.25, 0.3) is 0 Å². The third-order valence-corrected chi connectivity index (χ3v) is 4.75. The Kier molecular flexibility index (Phi) is 6.57. The van der Waals surface area contributed by atoms with Crippen molar-refractivity contribution in [1.29, 1.82) is 0 Å². The van der Waals surface area contributed by atoms with Crippen LogP contribution in [-0.4, -0.2) is 51.5 Å². The number of amides is 1. The van der Waals surface area contributed by atoms with Gasteiger partial charge in [0.2, 0.25) is 0 Å². The van der Waals surface area contributed by atoms with E-state index in [1.807, 2.05) is 4.68 Å². The third kappa shape index (κ3) is 4.77. The van der Waals surface area contributed by atoms with E-state index < -0.39 is 0 Å². The first-order valence-corrected chi connectivity index (χ1v) is 8.99. The molecule has 2 rings (SSSR count). The lowest BCUT2D eigenvalue weighted by Crippen LogP contribution is -2.41. The topological polar surface area (TPSA) is 63.1 Å². The van der Waals surface area contributed by atoms with Crippen LogP contribution in [-0.2, 0) is 0 Å². The fourth-order valence-electron chi connectivity index (χ4n) is 3.27. The molecule has 1 aromatic rings. The molecule has 1 aromatic heterocycles. The van der Waals surface area contributed by atoms with Gasteiger partial charge in [-0.2, -0.15) is 0 Å². The minimum absolute atomic E-state index is 0.126. The molecule has 6 heteroatoms. The minimum Gasteiger partial charge on any atom is -0.350 e. The number of hydrogen-bond donors (Lipinski definition) is 1. The van der Waals surface area contributed by atoms with Crippen molar-refractivity contribution in [3.05, 3.63) is 11.9 Å². The van der Waals surface area contributed by atoms with E-state index in [4.69, 9.17) is 0 Å². The highest BCUT2D eigenvalue weighted by Gasteiger charge is 2.25. The van der Waals surface area contributed by atoms with E-state index in [1.54, 1.807) is 6.20 Å². The normalized spacial score (nSPS) is 17.1. The van der Waals surface area contributed by atoms with Gasteiger partial charge in [-0.1, -0.05) is 32.9 Å². The van der Waals surface area contributed by atoms with Crippen LogP contribution in [0, 0.1) is 5.92 Å². The van der Waals surface area contributed by atoms with Gasteiger partial charge in [-0.3, -0.25) is 4.79 Å². The lowest BCUT2D eigenvalue weighted by molar-refractivity contribution is 0.0944. The first-order valence-electron chi connectivity index (χ1n) is 8.99. The molecule has 0 saturated carbocycles. The second-order valence-corrected chi connectivity index (χ2v) is 6.93. The van der Waals surface area contributed by atoms with Gasteiger partial charge < -0.3 is 10.2 Å². The Hall–Kier alpha value is -1.43. The van der Waals surface area contributed by atoms with Crippen LogP contribution in [0.2, 0.25) is 0 Å². The van der Waals surface area contributed by atoms with E-state index in [0.29, 0.717) is 30.2 Å². The number of nitrogens with one attached hydrogen (secondary N) is 1. The van der Waals surface area contributed by atoms with Crippen molar-refractivity contribution in [3.8, 4) is 0 Å². The van der Waals surface area contributed by atoms with Crippen LogP contribution in [0.15, 0.2) is 6.20 Å². The molecule has 23 heavy (non-hydrogen) atoms. The number of hydrogen-bond acceptors (Lipinski definition) is 4. The summed E-state index contributed by atoms with van der Waals surface area (Å²) in [7, 11) is 0.